The van der Waals surface area contributed by atoms with Gasteiger partial charge in [-0.25, -0.2) is 4.79 Å². The van der Waals surface area contributed by atoms with E-state index in [0.29, 0.717) is 23.7 Å². The average Bonchev–Trinajstić information content (AvgIpc) is 2.54. The van der Waals surface area contributed by atoms with Gasteiger partial charge in [0.15, 0.2) is 0 Å². The van der Waals surface area contributed by atoms with Crippen molar-refractivity contribution in [3.63, 3.8) is 0 Å². The lowest BCUT2D eigenvalue weighted by Crippen LogP contribution is -2.13. The van der Waals surface area contributed by atoms with Gasteiger partial charge in [0.2, 0.25) is 0 Å². The molecule has 4 nitrogen and oxygen atoms in total. The second-order valence-electron chi connectivity index (χ2n) is 5.44. The van der Waals surface area contributed by atoms with Gasteiger partial charge in [0.25, 0.3) is 0 Å². The highest BCUT2D eigenvalue weighted by atomic mass is 16.5. The van der Waals surface area contributed by atoms with E-state index in [9.17, 15) is 4.79 Å². The summed E-state index contributed by atoms with van der Waals surface area (Å²) in [6, 6.07) is 14.5. The SMILES string of the molecule is COCCc1ccc(OC(=O)c2ccccc2OC(C)C)cc1. The molecule has 2 rings (SSSR count). The molecule has 122 valence electrons. The van der Waals surface area contributed by atoms with Crippen molar-refractivity contribution in [2.45, 2.75) is 26.4 Å². The fourth-order valence-corrected chi connectivity index (χ4v) is 2.10. The fourth-order valence-electron chi connectivity index (χ4n) is 2.10. The molecular weight excluding hydrogens is 292 g/mol. The summed E-state index contributed by atoms with van der Waals surface area (Å²) in [4.78, 5) is 12.4. The highest BCUT2D eigenvalue weighted by Gasteiger charge is 2.15. The molecule has 2 aromatic rings. The predicted molar refractivity (Wildman–Crippen MR) is 89.2 cm³/mol. The molecule has 23 heavy (non-hydrogen) atoms. The Balaban J connectivity index is 2.07. The van der Waals surface area contributed by atoms with Crippen molar-refractivity contribution in [2.24, 2.45) is 0 Å². The Morgan fingerprint density at radius 2 is 1.74 bits per heavy atom. The summed E-state index contributed by atoms with van der Waals surface area (Å²) in [6.07, 6.45) is 0.819. The summed E-state index contributed by atoms with van der Waals surface area (Å²) in [5.74, 6) is 0.616. The third-order valence-electron chi connectivity index (χ3n) is 3.20. The summed E-state index contributed by atoms with van der Waals surface area (Å²) < 4.78 is 16.1. The van der Waals surface area contributed by atoms with E-state index in [1.54, 1.807) is 37.4 Å². The maximum atomic E-state index is 12.4. The summed E-state index contributed by atoms with van der Waals surface area (Å²) >= 11 is 0. The molecule has 4 heteroatoms. The molecule has 0 aromatic heterocycles. The Morgan fingerprint density at radius 3 is 2.39 bits per heavy atom. The van der Waals surface area contributed by atoms with Crippen molar-refractivity contribution < 1.29 is 19.0 Å². The first kappa shape index (κ1) is 17.0. The molecule has 0 saturated carbocycles. The van der Waals surface area contributed by atoms with Crippen molar-refractivity contribution in [1.82, 2.24) is 0 Å². The van der Waals surface area contributed by atoms with E-state index in [0.717, 1.165) is 12.0 Å². The quantitative estimate of drug-likeness (QED) is 0.574. The van der Waals surface area contributed by atoms with Crippen LogP contribution in [0.3, 0.4) is 0 Å². The van der Waals surface area contributed by atoms with Gasteiger partial charge >= 0.3 is 5.97 Å². The van der Waals surface area contributed by atoms with Crippen LogP contribution in [0.5, 0.6) is 11.5 Å². The molecule has 0 aliphatic rings. The van der Waals surface area contributed by atoms with E-state index in [-0.39, 0.29) is 6.10 Å². The third kappa shape index (κ3) is 5.11. The Bertz CT molecular complexity index is 632. The van der Waals surface area contributed by atoms with Crippen molar-refractivity contribution in [3.05, 3.63) is 59.7 Å². The van der Waals surface area contributed by atoms with E-state index < -0.39 is 5.97 Å². The number of para-hydroxylation sites is 1. The van der Waals surface area contributed by atoms with Gasteiger partial charge in [0, 0.05) is 7.11 Å². The van der Waals surface area contributed by atoms with Gasteiger partial charge in [-0.05, 0) is 50.1 Å². The van der Waals surface area contributed by atoms with Crippen LogP contribution in [-0.4, -0.2) is 25.8 Å². The van der Waals surface area contributed by atoms with Gasteiger partial charge in [-0.1, -0.05) is 24.3 Å². The largest absolute Gasteiger partial charge is 0.490 e. The first-order chi connectivity index (χ1) is 11.1. The Hall–Kier alpha value is -2.33. The number of carbonyl (C=O) groups is 1. The molecule has 0 radical (unpaired) electrons. The Labute approximate surface area is 137 Å². The van der Waals surface area contributed by atoms with Gasteiger partial charge < -0.3 is 14.2 Å². The second kappa shape index (κ2) is 8.34. The standard InChI is InChI=1S/C19H22O4/c1-14(2)22-18-7-5-4-6-17(18)19(20)23-16-10-8-15(9-11-16)12-13-21-3/h4-11,14H,12-13H2,1-3H3. The highest BCUT2D eigenvalue weighted by Crippen LogP contribution is 2.22. The molecule has 0 aliphatic heterocycles. The van der Waals surface area contributed by atoms with Crippen molar-refractivity contribution >= 4 is 5.97 Å². The first-order valence-corrected chi connectivity index (χ1v) is 7.66. The smallest absolute Gasteiger partial charge is 0.347 e. The van der Waals surface area contributed by atoms with E-state index in [4.69, 9.17) is 14.2 Å². The summed E-state index contributed by atoms with van der Waals surface area (Å²) in [5.41, 5.74) is 1.56. The topological polar surface area (TPSA) is 44.8 Å². The van der Waals surface area contributed by atoms with Gasteiger partial charge in [-0.3, -0.25) is 0 Å². The lowest BCUT2D eigenvalue weighted by molar-refractivity contribution is 0.0728. The van der Waals surface area contributed by atoms with E-state index in [2.05, 4.69) is 0 Å². The van der Waals surface area contributed by atoms with E-state index >= 15 is 0 Å². The number of rotatable bonds is 7. The first-order valence-electron chi connectivity index (χ1n) is 7.66. The maximum absolute atomic E-state index is 12.4. The number of hydrogen-bond donors (Lipinski definition) is 0. The summed E-state index contributed by atoms with van der Waals surface area (Å²) in [5, 5.41) is 0. The van der Waals surface area contributed by atoms with Crippen LogP contribution in [0.1, 0.15) is 29.8 Å². The van der Waals surface area contributed by atoms with Crippen LogP contribution in [0, 0.1) is 0 Å². The summed E-state index contributed by atoms with van der Waals surface area (Å²) in [7, 11) is 1.67. The van der Waals surface area contributed by atoms with Crippen LogP contribution >= 0.6 is 0 Å². The van der Waals surface area contributed by atoms with Crippen LogP contribution in [0.2, 0.25) is 0 Å². The van der Waals surface area contributed by atoms with Crippen LogP contribution in [0.15, 0.2) is 48.5 Å². The molecule has 0 unspecified atom stereocenters. The minimum atomic E-state index is -0.425. The van der Waals surface area contributed by atoms with Crippen LogP contribution in [0.4, 0.5) is 0 Å². The highest BCUT2D eigenvalue weighted by molar-refractivity contribution is 5.94. The predicted octanol–water partition coefficient (Wildman–Crippen LogP) is 3.88. The fraction of sp³-hybridized carbons (Fsp3) is 0.316. The molecule has 2 aromatic carbocycles. The monoisotopic (exact) mass is 314 g/mol. The molecule has 0 amide bonds. The lowest BCUT2D eigenvalue weighted by Gasteiger charge is -2.13. The van der Waals surface area contributed by atoms with Crippen molar-refractivity contribution in [1.29, 1.82) is 0 Å². The van der Waals surface area contributed by atoms with Crippen LogP contribution < -0.4 is 9.47 Å². The lowest BCUT2D eigenvalue weighted by atomic mass is 10.1. The van der Waals surface area contributed by atoms with Gasteiger partial charge in [0.05, 0.1) is 12.7 Å². The number of esters is 1. The number of benzene rings is 2. The third-order valence-corrected chi connectivity index (χ3v) is 3.20. The maximum Gasteiger partial charge on any atom is 0.347 e. The van der Waals surface area contributed by atoms with Crippen LogP contribution in [0.25, 0.3) is 0 Å². The average molecular weight is 314 g/mol. The molecule has 0 N–H and O–H groups in total. The second-order valence-corrected chi connectivity index (χ2v) is 5.44. The minimum Gasteiger partial charge on any atom is -0.490 e. The van der Waals surface area contributed by atoms with Gasteiger partial charge in [-0.2, -0.15) is 0 Å². The molecule has 0 bridgehead atoms. The number of hydrogen-bond acceptors (Lipinski definition) is 4. The molecule has 0 aliphatic carbocycles. The molecular formula is C19H22O4. The zero-order chi connectivity index (χ0) is 16.7. The van der Waals surface area contributed by atoms with Crippen molar-refractivity contribution in [3.8, 4) is 11.5 Å². The molecule has 0 fully saturated rings. The van der Waals surface area contributed by atoms with Crippen molar-refractivity contribution in [2.75, 3.05) is 13.7 Å². The minimum absolute atomic E-state index is 0.0102. The normalized spacial score (nSPS) is 10.6. The number of ether oxygens (including phenoxy) is 3. The van der Waals surface area contributed by atoms with E-state index in [1.165, 1.54) is 0 Å². The number of methoxy groups -OCH3 is 1. The molecule has 0 saturated heterocycles. The summed E-state index contributed by atoms with van der Waals surface area (Å²) in [6.45, 7) is 4.50. The van der Waals surface area contributed by atoms with Gasteiger partial charge in [0.1, 0.15) is 17.1 Å². The zero-order valence-electron chi connectivity index (χ0n) is 13.7. The molecule has 0 atom stereocenters. The zero-order valence-corrected chi connectivity index (χ0v) is 13.7. The van der Waals surface area contributed by atoms with E-state index in [1.807, 2.05) is 32.0 Å². The Morgan fingerprint density at radius 1 is 1.04 bits per heavy atom. The Kier molecular flexibility index (Phi) is 6.18. The van der Waals surface area contributed by atoms with Crippen LogP contribution in [-0.2, 0) is 11.2 Å². The number of carbonyl (C=O) groups excluding carboxylic acids is 1. The van der Waals surface area contributed by atoms with Gasteiger partial charge in [-0.15, -0.1) is 0 Å². The molecule has 0 heterocycles. The molecule has 0 spiro atoms.